The molecule has 0 aliphatic rings. The van der Waals surface area contributed by atoms with E-state index >= 15 is 0 Å². The predicted molar refractivity (Wildman–Crippen MR) is 39.0 cm³/mol. The van der Waals surface area contributed by atoms with Gasteiger partial charge in [0.15, 0.2) is 5.82 Å². The van der Waals surface area contributed by atoms with E-state index in [9.17, 15) is 0 Å². The zero-order valence-corrected chi connectivity index (χ0v) is 6.90. The highest BCUT2D eigenvalue weighted by Gasteiger charge is 2.12. The number of rotatable bonds is 2. The Hall–Kier alpha value is -0.900. The van der Waals surface area contributed by atoms with Crippen LogP contribution >= 0.6 is 0 Å². The maximum absolute atomic E-state index is 9.02. The number of hydrogen-bond donors (Lipinski definition) is 1. The average molecular weight is 156 g/mol. The SMILES string of the molecule is CC(C)c1noc([C@H](C)O)n1. The van der Waals surface area contributed by atoms with E-state index in [1.54, 1.807) is 6.92 Å². The molecule has 4 nitrogen and oxygen atoms in total. The molecule has 0 saturated carbocycles. The summed E-state index contributed by atoms with van der Waals surface area (Å²) < 4.78 is 4.78. The van der Waals surface area contributed by atoms with Gasteiger partial charge in [0.1, 0.15) is 6.10 Å². The molecule has 0 aromatic carbocycles. The van der Waals surface area contributed by atoms with Crippen molar-refractivity contribution in [1.82, 2.24) is 10.1 Å². The highest BCUT2D eigenvalue weighted by molar-refractivity contribution is 4.92. The van der Waals surface area contributed by atoms with Crippen molar-refractivity contribution in [2.75, 3.05) is 0 Å². The lowest BCUT2D eigenvalue weighted by Crippen LogP contribution is -1.93. The maximum Gasteiger partial charge on any atom is 0.255 e. The van der Waals surface area contributed by atoms with Gasteiger partial charge in [-0.05, 0) is 6.92 Å². The van der Waals surface area contributed by atoms with Crippen LogP contribution in [-0.2, 0) is 0 Å². The quantitative estimate of drug-likeness (QED) is 0.700. The van der Waals surface area contributed by atoms with E-state index in [1.165, 1.54) is 0 Å². The lowest BCUT2D eigenvalue weighted by molar-refractivity contribution is 0.151. The van der Waals surface area contributed by atoms with Crippen LogP contribution in [0.2, 0.25) is 0 Å². The van der Waals surface area contributed by atoms with Gasteiger partial charge in [-0.15, -0.1) is 0 Å². The zero-order valence-electron chi connectivity index (χ0n) is 6.90. The molecule has 0 amide bonds. The minimum absolute atomic E-state index is 0.242. The topological polar surface area (TPSA) is 59.2 Å². The summed E-state index contributed by atoms with van der Waals surface area (Å²) >= 11 is 0. The molecular weight excluding hydrogens is 144 g/mol. The van der Waals surface area contributed by atoms with Crippen molar-refractivity contribution < 1.29 is 9.63 Å². The molecule has 0 radical (unpaired) electrons. The third-order valence-corrected chi connectivity index (χ3v) is 1.33. The third-order valence-electron chi connectivity index (χ3n) is 1.33. The summed E-state index contributed by atoms with van der Waals surface area (Å²) in [6.45, 7) is 5.53. The largest absolute Gasteiger partial charge is 0.384 e. The van der Waals surface area contributed by atoms with Gasteiger partial charge in [0, 0.05) is 5.92 Å². The van der Waals surface area contributed by atoms with Crippen molar-refractivity contribution >= 4 is 0 Å². The summed E-state index contributed by atoms with van der Waals surface area (Å²) in [5, 5.41) is 12.7. The van der Waals surface area contributed by atoms with E-state index < -0.39 is 6.10 Å². The molecule has 0 saturated heterocycles. The van der Waals surface area contributed by atoms with Crippen LogP contribution in [0.15, 0.2) is 4.52 Å². The van der Waals surface area contributed by atoms with Crippen LogP contribution in [0.25, 0.3) is 0 Å². The molecule has 4 heteroatoms. The van der Waals surface area contributed by atoms with Gasteiger partial charge >= 0.3 is 0 Å². The van der Waals surface area contributed by atoms with E-state index in [4.69, 9.17) is 9.63 Å². The lowest BCUT2D eigenvalue weighted by atomic mass is 10.2. The van der Waals surface area contributed by atoms with Gasteiger partial charge in [-0.2, -0.15) is 4.98 Å². The normalized spacial score (nSPS) is 13.9. The van der Waals surface area contributed by atoms with Gasteiger partial charge in [0.2, 0.25) is 0 Å². The van der Waals surface area contributed by atoms with Crippen LogP contribution < -0.4 is 0 Å². The number of aliphatic hydroxyl groups excluding tert-OH is 1. The van der Waals surface area contributed by atoms with E-state index in [0.717, 1.165) is 0 Å². The molecule has 1 aromatic rings. The van der Waals surface area contributed by atoms with Crippen LogP contribution in [0.4, 0.5) is 0 Å². The van der Waals surface area contributed by atoms with E-state index in [-0.39, 0.29) is 11.8 Å². The summed E-state index contributed by atoms with van der Waals surface area (Å²) in [7, 11) is 0. The van der Waals surface area contributed by atoms with Crippen molar-refractivity contribution in [3.8, 4) is 0 Å². The van der Waals surface area contributed by atoms with Gasteiger partial charge in [-0.25, -0.2) is 0 Å². The van der Waals surface area contributed by atoms with E-state index in [2.05, 4.69) is 10.1 Å². The van der Waals surface area contributed by atoms with Crippen molar-refractivity contribution in [2.24, 2.45) is 0 Å². The summed E-state index contributed by atoms with van der Waals surface area (Å²) in [4.78, 5) is 3.98. The highest BCUT2D eigenvalue weighted by Crippen LogP contribution is 2.13. The molecule has 62 valence electrons. The Morgan fingerprint density at radius 3 is 2.27 bits per heavy atom. The van der Waals surface area contributed by atoms with Crippen LogP contribution in [0.1, 0.15) is 44.5 Å². The van der Waals surface area contributed by atoms with Gasteiger partial charge < -0.3 is 9.63 Å². The van der Waals surface area contributed by atoms with Gasteiger partial charge in [0.25, 0.3) is 5.89 Å². The van der Waals surface area contributed by atoms with Crippen molar-refractivity contribution in [3.63, 3.8) is 0 Å². The third kappa shape index (κ3) is 1.77. The molecule has 1 rings (SSSR count). The molecule has 11 heavy (non-hydrogen) atoms. The molecule has 1 atom stereocenters. The number of nitrogens with zero attached hydrogens (tertiary/aromatic N) is 2. The fraction of sp³-hybridized carbons (Fsp3) is 0.714. The molecule has 1 N–H and O–H groups in total. The van der Waals surface area contributed by atoms with Crippen LogP contribution in [0, 0.1) is 0 Å². The van der Waals surface area contributed by atoms with Gasteiger partial charge in [-0.3, -0.25) is 0 Å². The van der Waals surface area contributed by atoms with Gasteiger partial charge in [-0.1, -0.05) is 19.0 Å². The monoisotopic (exact) mass is 156 g/mol. The molecule has 0 fully saturated rings. The standard InChI is InChI=1S/C7H12N2O2/c1-4(2)6-8-7(5(3)10)11-9-6/h4-5,10H,1-3H3/t5-/m0/s1. The van der Waals surface area contributed by atoms with Crippen LogP contribution in [0.5, 0.6) is 0 Å². The summed E-state index contributed by atoms with van der Waals surface area (Å²) in [5.41, 5.74) is 0. The van der Waals surface area contributed by atoms with E-state index in [0.29, 0.717) is 5.82 Å². The molecule has 0 spiro atoms. The van der Waals surface area contributed by atoms with Crippen molar-refractivity contribution in [2.45, 2.75) is 32.8 Å². The molecular formula is C7H12N2O2. The van der Waals surface area contributed by atoms with E-state index in [1.807, 2.05) is 13.8 Å². The summed E-state index contributed by atoms with van der Waals surface area (Å²) in [6.07, 6.45) is -0.671. The highest BCUT2D eigenvalue weighted by atomic mass is 16.5. The molecule has 0 aliphatic carbocycles. The molecule has 1 aromatic heterocycles. The van der Waals surface area contributed by atoms with Crippen LogP contribution in [-0.4, -0.2) is 15.2 Å². The lowest BCUT2D eigenvalue weighted by Gasteiger charge is -1.93. The summed E-state index contributed by atoms with van der Waals surface area (Å²) in [6, 6.07) is 0. The Labute approximate surface area is 65.2 Å². The predicted octanol–water partition coefficient (Wildman–Crippen LogP) is 1.25. The summed E-state index contributed by atoms with van der Waals surface area (Å²) in [5.74, 6) is 1.17. The Morgan fingerprint density at radius 1 is 1.36 bits per heavy atom. The van der Waals surface area contributed by atoms with Crippen molar-refractivity contribution in [1.29, 1.82) is 0 Å². The molecule has 0 aliphatic heterocycles. The van der Waals surface area contributed by atoms with Crippen LogP contribution in [0.3, 0.4) is 0 Å². The zero-order chi connectivity index (χ0) is 8.43. The second-order valence-electron chi connectivity index (χ2n) is 2.82. The second-order valence-corrected chi connectivity index (χ2v) is 2.82. The number of aromatic nitrogens is 2. The first-order valence-corrected chi connectivity index (χ1v) is 3.63. The molecule has 1 heterocycles. The Bertz CT molecular complexity index is 208. The fourth-order valence-electron chi connectivity index (χ4n) is 0.651. The number of hydrogen-bond acceptors (Lipinski definition) is 4. The fourth-order valence-corrected chi connectivity index (χ4v) is 0.651. The Kier molecular flexibility index (Phi) is 2.24. The first-order chi connectivity index (χ1) is 5.11. The van der Waals surface area contributed by atoms with Crippen molar-refractivity contribution in [3.05, 3.63) is 11.7 Å². The minimum Gasteiger partial charge on any atom is -0.384 e. The first kappa shape index (κ1) is 8.20. The Balaban J connectivity index is 2.82. The first-order valence-electron chi connectivity index (χ1n) is 3.63. The molecule has 0 bridgehead atoms. The Morgan fingerprint density at radius 2 is 2.00 bits per heavy atom. The van der Waals surface area contributed by atoms with Gasteiger partial charge in [0.05, 0.1) is 0 Å². The number of aliphatic hydroxyl groups is 1. The maximum atomic E-state index is 9.02. The average Bonchev–Trinajstić information content (AvgIpc) is 2.33. The molecule has 0 unspecified atom stereocenters. The minimum atomic E-state index is -0.671. The smallest absolute Gasteiger partial charge is 0.255 e. The second kappa shape index (κ2) is 3.00.